The van der Waals surface area contributed by atoms with Crippen molar-refractivity contribution in [3.8, 4) is 12.3 Å². The number of carboxylic acids is 1. The first-order valence-corrected chi connectivity index (χ1v) is 4.71. The first-order chi connectivity index (χ1) is 7.65. The molecule has 4 nitrogen and oxygen atoms in total. The number of carboxylic acid groups (broad SMARTS) is 1. The second-order valence-electron chi connectivity index (χ2n) is 3.09. The van der Waals surface area contributed by atoms with E-state index in [9.17, 15) is 9.18 Å². The topological polar surface area (TPSA) is 62.2 Å². The first-order valence-electron chi connectivity index (χ1n) is 4.71. The minimum atomic E-state index is -1.20. The molecule has 0 aliphatic carbocycles. The molecule has 1 rings (SSSR count). The molecular weight excluding hydrogens is 211 g/mol. The lowest BCUT2D eigenvalue weighted by Crippen LogP contribution is -2.07. The van der Waals surface area contributed by atoms with Crippen LogP contribution in [0.4, 0.5) is 10.2 Å². The van der Waals surface area contributed by atoms with Crippen LogP contribution in [0.15, 0.2) is 12.3 Å². The number of terminal acetylenes is 1. The van der Waals surface area contributed by atoms with Gasteiger partial charge < -0.3 is 10.4 Å². The van der Waals surface area contributed by atoms with Crippen LogP contribution in [0.1, 0.15) is 23.2 Å². The summed E-state index contributed by atoms with van der Waals surface area (Å²) in [4.78, 5) is 14.2. The van der Waals surface area contributed by atoms with E-state index in [-0.39, 0.29) is 11.4 Å². The fraction of sp³-hybridized carbons (Fsp3) is 0.273. The molecule has 0 saturated carbocycles. The van der Waals surface area contributed by atoms with Gasteiger partial charge in [-0.1, -0.05) is 0 Å². The predicted molar refractivity (Wildman–Crippen MR) is 57.7 cm³/mol. The van der Waals surface area contributed by atoms with Crippen molar-refractivity contribution in [1.82, 2.24) is 4.98 Å². The van der Waals surface area contributed by atoms with Crippen LogP contribution in [-0.2, 0) is 0 Å². The van der Waals surface area contributed by atoms with Gasteiger partial charge in [0.05, 0.1) is 5.56 Å². The minimum absolute atomic E-state index is 0.0435. The molecule has 1 aromatic heterocycles. The Balaban J connectivity index is 2.62. The normalized spacial score (nSPS) is 9.50. The molecule has 0 saturated heterocycles. The summed E-state index contributed by atoms with van der Waals surface area (Å²) in [6, 6.07) is 0.929. The fourth-order valence-corrected chi connectivity index (χ4v) is 1.08. The molecule has 0 atom stereocenters. The third-order valence-electron chi connectivity index (χ3n) is 1.88. The summed E-state index contributed by atoms with van der Waals surface area (Å²) in [7, 11) is 0. The number of anilines is 1. The zero-order valence-corrected chi connectivity index (χ0v) is 8.53. The van der Waals surface area contributed by atoms with E-state index in [4.69, 9.17) is 11.5 Å². The number of rotatable bonds is 5. The number of aromatic nitrogens is 1. The van der Waals surface area contributed by atoms with Gasteiger partial charge in [-0.3, -0.25) is 0 Å². The van der Waals surface area contributed by atoms with Gasteiger partial charge in [0.2, 0.25) is 0 Å². The van der Waals surface area contributed by atoms with Crippen molar-refractivity contribution in [2.45, 2.75) is 12.8 Å². The van der Waals surface area contributed by atoms with Gasteiger partial charge in [-0.2, -0.15) is 0 Å². The Labute approximate surface area is 92.5 Å². The fourth-order valence-electron chi connectivity index (χ4n) is 1.08. The second-order valence-corrected chi connectivity index (χ2v) is 3.09. The summed E-state index contributed by atoms with van der Waals surface area (Å²) < 4.78 is 13.3. The molecule has 1 heterocycles. The van der Waals surface area contributed by atoms with E-state index in [1.54, 1.807) is 0 Å². The van der Waals surface area contributed by atoms with E-state index in [0.29, 0.717) is 19.4 Å². The number of unbranched alkanes of at least 4 members (excludes halogenated alkanes) is 1. The summed E-state index contributed by atoms with van der Waals surface area (Å²) in [5, 5.41) is 11.3. The van der Waals surface area contributed by atoms with E-state index in [0.717, 1.165) is 12.3 Å². The van der Waals surface area contributed by atoms with Crippen molar-refractivity contribution in [3.63, 3.8) is 0 Å². The van der Waals surface area contributed by atoms with Crippen molar-refractivity contribution >= 4 is 11.8 Å². The molecule has 0 aliphatic heterocycles. The molecule has 1 aromatic rings. The van der Waals surface area contributed by atoms with Crippen molar-refractivity contribution in [3.05, 3.63) is 23.6 Å². The highest BCUT2D eigenvalue weighted by atomic mass is 19.1. The Morgan fingerprint density at radius 2 is 2.44 bits per heavy atom. The molecule has 84 valence electrons. The molecule has 0 bridgehead atoms. The lowest BCUT2D eigenvalue weighted by molar-refractivity contribution is 0.0696. The average molecular weight is 222 g/mol. The minimum Gasteiger partial charge on any atom is -0.478 e. The van der Waals surface area contributed by atoms with Gasteiger partial charge in [0, 0.05) is 19.2 Å². The molecular formula is C11H11FN2O2. The number of aromatic carboxylic acids is 1. The molecule has 0 radical (unpaired) electrons. The maximum absolute atomic E-state index is 13.3. The highest BCUT2D eigenvalue weighted by molar-refractivity contribution is 5.87. The summed E-state index contributed by atoms with van der Waals surface area (Å²) in [6.45, 7) is 0.501. The molecule has 0 unspecified atom stereocenters. The summed E-state index contributed by atoms with van der Waals surface area (Å²) in [6.07, 6.45) is 7.47. The zero-order chi connectivity index (χ0) is 12.0. The Bertz CT molecular complexity index is 426. The van der Waals surface area contributed by atoms with Crippen LogP contribution in [0.3, 0.4) is 0 Å². The van der Waals surface area contributed by atoms with Crippen LogP contribution in [-0.4, -0.2) is 22.6 Å². The van der Waals surface area contributed by atoms with Crippen LogP contribution >= 0.6 is 0 Å². The molecule has 0 aromatic carbocycles. The van der Waals surface area contributed by atoms with E-state index in [1.807, 2.05) is 0 Å². The Morgan fingerprint density at radius 1 is 1.69 bits per heavy atom. The van der Waals surface area contributed by atoms with Crippen LogP contribution in [0, 0.1) is 18.2 Å². The number of hydrogen-bond donors (Lipinski definition) is 2. The Hall–Kier alpha value is -2.09. The standard InChI is InChI=1S/C11H11FN2O2/c1-2-3-4-5-13-10-9(12)6-8(7-14-10)11(15)16/h1,6-7H,3-5H2,(H,13,14)(H,15,16). The Morgan fingerprint density at radius 3 is 3.00 bits per heavy atom. The predicted octanol–water partition coefficient (Wildman–Crippen LogP) is 1.74. The maximum Gasteiger partial charge on any atom is 0.337 e. The quantitative estimate of drug-likeness (QED) is 0.588. The summed E-state index contributed by atoms with van der Waals surface area (Å²) in [5.41, 5.74) is -0.174. The largest absolute Gasteiger partial charge is 0.478 e. The number of hydrogen-bond acceptors (Lipinski definition) is 3. The average Bonchev–Trinajstić information content (AvgIpc) is 2.26. The smallest absolute Gasteiger partial charge is 0.337 e. The number of pyridine rings is 1. The van der Waals surface area contributed by atoms with Crippen LogP contribution in [0.25, 0.3) is 0 Å². The molecule has 5 heteroatoms. The van der Waals surface area contributed by atoms with Crippen molar-refractivity contribution in [2.75, 3.05) is 11.9 Å². The third-order valence-corrected chi connectivity index (χ3v) is 1.88. The van der Waals surface area contributed by atoms with E-state index < -0.39 is 11.8 Å². The van der Waals surface area contributed by atoms with E-state index >= 15 is 0 Å². The SMILES string of the molecule is C#CCCCNc1ncc(C(=O)O)cc1F. The zero-order valence-electron chi connectivity index (χ0n) is 8.53. The van der Waals surface area contributed by atoms with E-state index in [1.165, 1.54) is 0 Å². The maximum atomic E-state index is 13.3. The van der Waals surface area contributed by atoms with Gasteiger partial charge in [-0.15, -0.1) is 12.3 Å². The highest BCUT2D eigenvalue weighted by Crippen LogP contribution is 2.12. The van der Waals surface area contributed by atoms with Gasteiger partial charge in [0.25, 0.3) is 0 Å². The highest BCUT2D eigenvalue weighted by Gasteiger charge is 2.08. The molecule has 16 heavy (non-hydrogen) atoms. The van der Waals surface area contributed by atoms with Gasteiger partial charge in [0.1, 0.15) is 0 Å². The van der Waals surface area contributed by atoms with Gasteiger partial charge in [-0.25, -0.2) is 14.2 Å². The number of halogens is 1. The number of carbonyl (C=O) groups is 1. The molecule has 0 aliphatic rings. The molecule has 0 amide bonds. The van der Waals surface area contributed by atoms with E-state index in [2.05, 4.69) is 16.2 Å². The lowest BCUT2D eigenvalue weighted by Gasteiger charge is -2.05. The van der Waals surface area contributed by atoms with Crippen LogP contribution in [0.5, 0.6) is 0 Å². The lowest BCUT2D eigenvalue weighted by atomic mass is 10.2. The van der Waals surface area contributed by atoms with Crippen molar-refractivity contribution in [1.29, 1.82) is 0 Å². The first kappa shape index (κ1) is 12.0. The Kier molecular flexibility index (Phi) is 4.28. The summed E-state index contributed by atoms with van der Waals surface area (Å²) >= 11 is 0. The second kappa shape index (κ2) is 5.71. The molecule has 2 N–H and O–H groups in total. The number of nitrogens with zero attached hydrogens (tertiary/aromatic N) is 1. The van der Waals surface area contributed by atoms with Gasteiger partial charge in [0.15, 0.2) is 11.6 Å². The van der Waals surface area contributed by atoms with Crippen molar-refractivity contribution < 1.29 is 14.3 Å². The summed E-state index contributed by atoms with van der Waals surface area (Å²) in [5.74, 6) is 0.621. The van der Waals surface area contributed by atoms with Crippen molar-refractivity contribution in [2.24, 2.45) is 0 Å². The molecule has 0 fully saturated rings. The van der Waals surface area contributed by atoms with Crippen LogP contribution < -0.4 is 5.32 Å². The third kappa shape index (κ3) is 3.24. The van der Waals surface area contributed by atoms with Gasteiger partial charge in [-0.05, 0) is 12.5 Å². The molecule has 0 spiro atoms. The monoisotopic (exact) mass is 222 g/mol. The van der Waals surface area contributed by atoms with Gasteiger partial charge >= 0.3 is 5.97 Å². The number of nitrogens with one attached hydrogen (secondary N) is 1. The van der Waals surface area contributed by atoms with Crippen LogP contribution in [0.2, 0.25) is 0 Å².